The molecular formula is C31H27Cl4N3O4S. The van der Waals surface area contributed by atoms with Gasteiger partial charge in [-0.3, -0.25) is 13.9 Å². The van der Waals surface area contributed by atoms with Crippen LogP contribution in [-0.2, 0) is 32.6 Å². The molecule has 4 aromatic rings. The molecule has 0 aliphatic heterocycles. The smallest absolute Gasteiger partial charge is 0.264 e. The molecule has 0 spiro atoms. The Hall–Kier alpha value is -3.27. The lowest BCUT2D eigenvalue weighted by Crippen LogP contribution is -2.53. The Kier molecular flexibility index (Phi) is 11.0. The zero-order chi connectivity index (χ0) is 31.1. The summed E-state index contributed by atoms with van der Waals surface area (Å²) in [5, 5.41) is 3.64. The van der Waals surface area contributed by atoms with E-state index in [1.807, 2.05) is 30.3 Å². The van der Waals surface area contributed by atoms with Crippen LogP contribution in [-0.4, -0.2) is 44.8 Å². The van der Waals surface area contributed by atoms with Crippen molar-refractivity contribution < 1.29 is 18.0 Å². The molecule has 43 heavy (non-hydrogen) atoms. The molecule has 0 heterocycles. The van der Waals surface area contributed by atoms with E-state index < -0.39 is 34.4 Å². The van der Waals surface area contributed by atoms with Crippen LogP contribution in [0.3, 0.4) is 0 Å². The first kappa shape index (κ1) is 32.6. The predicted molar refractivity (Wildman–Crippen MR) is 172 cm³/mol. The Labute approximate surface area is 271 Å². The molecule has 0 fully saturated rings. The molecule has 224 valence electrons. The summed E-state index contributed by atoms with van der Waals surface area (Å²) in [5.41, 5.74) is 1.36. The van der Waals surface area contributed by atoms with Crippen molar-refractivity contribution in [2.24, 2.45) is 0 Å². The Morgan fingerprint density at radius 1 is 0.791 bits per heavy atom. The first-order valence-corrected chi connectivity index (χ1v) is 16.0. The maximum absolute atomic E-state index is 14.3. The fraction of sp³-hybridized carbons (Fsp3) is 0.161. The molecule has 0 aromatic heterocycles. The second-order valence-corrected chi connectivity index (χ2v) is 13.0. The number of nitrogens with zero attached hydrogens (tertiary/aromatic N) is 2. The lowest BCUT2D eigenvalue weighted by Gasteiger charge is -2.34. The van der Waals surface area contributed by atoms with Crippen molar-refractivity contribution in [1.29, 1.82) is 0 Å². The molecular weight excluding hydrogens is 652 g/mol. The first-order chi connectivity index (χ1) is 20.5. The summed E-state index contributed by atoms with van der Waals surface area (Å²) in [6.07, 6.45) is 0.157. The van der Waals surface area contributed by atoms with E-state index in [4.69, 9.17) is 46.4 Å². The molecule has 0 radical (unpaired) electrons. The third-order valence-electron chi connectivity index (χ3n) is 6.66. The summed E-state index contributed by atoms with van der Waals surface area (Å²) >= 11 is 25.2. The number of nitrogens with one attached hydrogen (secondary N) is 1. The number of halogens is 4. The Bertz CT molecular complexity index is 1710. The van der Waals surface area contributed by atoms with Gasteiger partial charge >= 0.3 is 0 Å². The molecule has 0 bridgehead atoms. The fourth-order valence-electron chi connectivity index (χ4n) is 4.47. The third kappa shape index (κ3) is 8.02. The molecule has 2 amide bonds. The second-order valence-electron chi connectivity index (χ2n) is 9.50. The van der Waals surface area contributed by atoms with Crippen LogP contribution in [0.4, 0.5) is 5.69 Å². The van der Waals surface area contributed by atoms with Crippen molar-refractivity contribution >= 4 is 73.9 Å². The van der Waals surface area contributed by atoms with E-state index in [-0.39, 0.29) is 33.6 Å². The van der Waals surface area contributed by atoms with E-state index in [2.05, 4.69) is 5.32 Å². The molecule has 1 atom stereocenters. The minimum atomic E-state index is -4.30. The summed E-state index contributed by atoms with van der Waals surface area (Å²) in [6, 6.07) is 25.0. The Morgan fingerprint density at radius 2 is 1.37 bits per heavy atom. The van der Waals surface area contributed by atoms with E-state index >= 15 is 0 Å². The zero-order valence-corrected chi connectivity index (χ0v) is 26.7. The van der Waals surface area contributed by atoms with Gasteiger partial charge in [-0.15, -0.1) is 0 Å². The molecule has 0 aliphatic rings. The van der Waals surface area contributed by atoms with Gasteiger partial charge in [0.15, 0.2) is 0 Å². The second kappa shape index (κ2) is 14.5. The monoisotopic (exact) mass is 677 g/mol. The maximum Gasteiger partial charge on any atom is 0.264 e. The van der Waals surface area contributed by atoms with Gasteiger partial charge < -0.3 is 10.2 Å². The highest BCUT2D eigenvalue weighted by Gasteiger charge is 2.35. The lowest BCUT2D eigenvalue weighted by molar-refractivity contribution is -0.139. The molecule has 4 rings (SSSR count). The Morgan fingerprint density at radius 3 is 1.95 bits per heavy atom. The summed E-state index contributed by atoms with van der Waals surface area (Å²) in [4.78, 5) is 28.9. The van der Waals surface area contributed by atoms with Gasteiger partial charge in [0.05, 0.1) is 15.6 Å². The van der Waals surface area contributed by atoms with Gasteiger partial charge in [0.2, 0.25) is 11.8 Å². The fourth-order valence-corrected chi connectivity index (χ4v) is 6.95. The van der Waals surface area contributed by atoms with Crippen LogP contribution in [0, 0.1) is 0 Å². The van der Waals surface area contributed by atoms with Crippen LogP contribution in [0.15, 0.2) is 102 Å². The maximum atomic E-state index is 14.3. The number of benzene rings is 4. The minimum Gasteiger partial charge on any atom is -0.357 e. The highest BCUT2D eigenvalue weighted by molar-refractivity contribution is 7.92. The predicted octanol–water partition coefficient (Wildman–Crippen LogP) is 6.88. The molecule has 1 N–H and O–H groups in total. The summed E-state index contributed by atoms with van der Waals surface area (Å²) in [7, 11) is -2.83. The van der Waals surface area contributed by atoms with Gasteiger partial charge in [0.25, 0.3) is 10.0 Å². The molecule has 0 aliphatic carbocycles. The van der Waals surface area contributed by atoms with Crippen molar-refractivity contribution in [3.05, 3.63) is 128 Å². The first-order valence-electron chi connectivity index (χ1n) is 13.0. The van der Waals surface area contributed by atoms with Gasteiger partial charge in [-0.05, 0) is 53.6 Å². The zero-order valence-electron chi connectivity index (χ0n) is 22.9. The molecule has 4 aromatic carbocycles. The highest BCUT2D eigenvalue weighted by Crippen LogP contribution is 2.33. The van der Waals surface area contributed by atoms with Gasteiger partial charge in [-0.25, -0.2) is 8.42 Å². The topological polar surface area (TPSA) is 86.8 Å². The van der Waals surface area contributed by atoms with Crippen molar-refractivity contribution in [2.45, 2.75) is 23.9 Å². The number of hydrogen-bond donors (Lipinski definition) is 1. The number of anilines is 1. The molecule has 7 nitrogen and oxygen atoms in total. The largest absolute Gasteiger partial charge is 0.357 e. The average molecular weight is 679 g/mol. The minimum absolute atomic E-state index is 0.0271. The number of carbonyl (C=O) groups excluding carboxylic acids is 2. The van der Waals surface area contributed by atoms with Crippen molar-refractivity contribution in [3.8, 4) is 0 Å². The Balaban J connectivity index is 1.82. The van der Waals surface area contributed by atoms with Crippen molar-refractivity contribution in [1.82, 2.24) is 10.2 Å². The van der Waals surface area contributed by atoms with E-state index in [0.29, 0.717) is 15.6 Å². The normalized spacial score (nSPS) is 11.9. The van der Waals surface area contributed by atoms with Crippen LogP contribution in [0.1, 0.15) is 11.1 Å². The van der Waals surface area contributed by atoms with Gasteiger partial charge in [0.1, 0.15) is 12.6 Å². The molecule has 0 unspecified atom stereocenters. The van der Waals surface area contributed by atoms with Crippen LogP contribution in [0.5, 0.6) is 0 Å². The van der Waals surface area contributed by atoms with Gasteiger partial charge in [0, 0.05) is 35.1 Å². The summed E-state index contributed by atoms with van der Waals surface area (Å²) in [5.74, 6) is -1.11. The standard InChI is InChI=1S/C31H27Cl4N3O4S/c1-36-31(40)29(16-21-8-4-2-5-9-21)37(19-22-12-13-23(32)17-26(22)34)30(39)20-38(28-15-14-24(33)18-27(28)35)43(41,42)25-10-6-3-7-11-25/h2-15,17-18,29H,16,19-20H2,1H3,(H,36,40)/t29-/m0/s1. The van der Waals surface area contributed by atoms with Crippen LogP contribution in [0.25, 0.3) is 0 Å². The summed E-state index contributed by atoms with van der Waals surface area (Å²) in [6.45, 7) is -0.778. The number of hydrogen-bond acceptors (Lipinski definition) is 4. The van der Waals surface area contributed by atoms with Gasteiger partial charge in [-0.2, -0.15) is 0 Å². The lowest BCUT2D eigenvalue weighted by atomic mass is 10.0. The van der Waals surface area contributed by atoms with E-state index in [1.165, 1.54) is 48.3 Å². The van der Waals surface area contributed by atoms with E-state index in [0.717, 1.165) is 9.87 Å². The average Bonchev–Trinajstić information content (AvgIpc) is 2.99. The number of likely N-dealkylation sites (N-methyl/N-ethyl adjacent to an activating group) is 1. The molecule has 0 saturated carbocycles. The number of sulfonamides is 1. The quantitative estimate of drug-likeness (QED) is 0.187. The number of carbonyl (C=O) groups is 2. The third-order valence-corrected chi connectivity index (χ3v) is 9.56. The number of rotatable bonds is 11. The molecule has 0 saturated heterocycles. The van der Waals surface area contributed by atoms with Gasteiger partial charge in [-0.1, -0.05) is 101 Å². The van der Waals surface area contributed by atoms with Crippen molar-refractivity contribution in [3.63, 3.8) is 0 Å². The number of amides is 2. The van der Waals surface area contributed by atoms with E-state index in [9.17, 15) is 18.0 Å². The van der Waals surface area contributed by atoms with Crippen LogP contribution < -0.4 is 9.62 Å². The SMILES string of the molecule is CNC(=O)[C@H](Cc1ccccc1)N(Cc1ccc(Cl)cc1Cl)C(=O)CN(c1ccc(Cl)cc1Cl)S(=O)(=O)c1ccccc1. The summed E-state index contributed by atoms with van der Waals surface area (Å²) < 4.78 is 28.9. The highest BCUT2D eigenvalue weighted by atomic mass is 35.5. The van der Waals surface area contributed by atoms with E-state index in [1.54, 1.807) is 30.3 Å². The van der Waals surface area contributed by atoms with Crippen LogP contribution >= 0.6 is 46.4 Å². The van der Waals surface area contributed by atoms with Crippen molar-refractivity contribution in [2.75, 3.05) is 17.9 Å². The van der Waals surface area contributed by atoms with Crippen LogP contribution in [0.2, 0.25) is 20.1 Å². The molecule has 12 heteroatoms.